The predicted molar refractivity (Wildman–Crippen MR) is 86.8 cm³/mol. The standard InChI is InChI=1S/C18H17F3N2O2/c1-23(2)17(25)15(12-8-4-3-5-9-12)22-16(24)13-10-6-7-11-14(13)18(19,20)21/h3-11,15H,1-2H3,(H,22,24). The number of likely N-dealkylation sites (N-methyl/N-ethyl adjacent to an activating group) is 1. The number of amides is 2. The maximum atomic E-state index is 13.1. The van der Waals surface area contributed by atoms with Crippen molar-refractivity contribution in [3.63, 3.8) is 0 Å². The third-order valence-electron chi connectivity index (χ3n) is 3.57. The molecule has 2 rings (SSSR count). The van der Waals surface area contributed by atoms with E-state index in [9.17, 15) is 22.8 Å². The van der Waals surface area contributed by atoms with Crippen molar-refractivity contribution in [2.75, 3.05) is 14.1 Å². The molecule has 0 spiro atoms. The van der Waals surface area contributed by atoms with Gasteiger partial charge in [0.15, 0.2) is 0 Å². The summed E-state index contributed by atoms with van der Waals surface area (Å²) < 4.78 is 39.3. The normalized spacial score (nSPS) is 12.4. The number of halogens is 3. The highest BCUT2D eigenvalue weighted by Gasteiger charge is 2.35. The highest BCUT2D eigenvalue weighted by atomic mass is 19.4. The van der Waals surface area contributed by atoms with Crippen molar-refractivity contribution in [2.24, 2.45) is 0 Å². The zero-order valence-electron chi connectivity index (χ0n) is 13.7. The lowest BCUT2D eigenvalue weighted by Gasteiger charge is -2.23. The number of alkyl halides is 3. The zero-order chi connectivity index (χ0) is 18.6. The molecule has 0 aromatic heterocycles. The third kappa shape index (κ3) is 4.37. The van der Waals surface area contributed by atoms with Crippen LogP contribution in [0, 0.1) is 0 Å². The second-order valence-electron chi connectivity index (χ2n) is 5.59. The van der Waals surface area contributed by atoms with Crippen molar-refractivity contribution >= 4 is 11.8 Å². The summed E-state index contributed by atoms with van der Waals surface area (Å²) in [4.78, 5) is 26.1. The summed E-state index contributed by atoms with van der Waals surface area (Å²) in [6.07, 6.45) is -4.66. The van der Waals surface area contributed by atoms with E-state index in [2.05, 4.69) is 5.32 Å². The molecule has 0 saturated heterocycles. The van der Waals surface area contributed by atoms with Gasteiger partial charge in [-0.3, -0.25) is 9.59 Å². The lowest BCUT2D eigenvalue weighted by atomic mass is 10.0. The van der Waals surface area contributed by atoms with Crippen LogP contribution < -0.4 is 5.32 Å². The molecule has 2 amide bonds. The maximum absolute atomic E-state index is 13.1. The van der Waals surface area contributed by atoms with E-state index in [0.29, 0.717) is 5.56 Å². The van der Waals surface area contributed by atoms with Crippen LogP contribution in [0.2, 0.25) is 0 Å². The van der Waals surface area contributed by atoms with Crippen LogP contribution in [0.5, 0.6) is 0 Å². The van der Waals surface area contributed by atoms with Crippen LogP contribution in [-0.4, -0.2) is 30.8 Å². The fourth-order valence-electron chi connectivity index (χ4n) is 2.33. The molecule has 0 radical (unpaired) electrons. The largest absolute Gasteiger partial charge is 0.417 e. The molecule has 2 aromatic rings. The van der Waals surface area contributed by atoms with Crippen molar-refractivity contribution in [3.8, 4) is 0 Å². The van der Waals surface area contributed by atoms with Gasteiger partial charge in [0.25, 0.3) is 5.91 Å². The van der Waals surface area contributed by atoms with Gasteiger partial charge in [0.05, 0.1) is 11.1 Å². The number of carbonyl (C=O) groups excluding carboxylic acids is 2. The van der Waals surface area contributed by atoms with Crippen molar-refractivity contribution < 1.29 is 22.8 Å². The average molecular weight is 350 g/mol. The highest BCUT2D eigenvalue weighted by molar-refractivity contribution is 5.99. The molecule has 0 aliphatic rings. The average Bonchev–Trinajstić information content (AvgIpc) is 2.58. The van der Waals surface area contributed by atoms with E-state index in [1.807, 2.05) is 0 Å². The monoisotopic (exact) mass is 350 g/mol. The minimum Gasteiger partial charge on any atom is -0.347 e. The molecule has 4 nitrogen and oxygen atoms in total. The summed E-state index contributed by atoms with van der Waals surface area (Å²) >= 11 is 0. The van der Waals surface area contributed by atoms with Crippen LogP contribution >= 0.6 is 0 Å². The van der Waals surface area contributed by atoms with E-state index in [4.69, 9.17) is 0 Å². The Hall–Kier alpha value is -2.83. The molecule has 7 heteroatoms. The number of hydrogen-bond acceptors (Lipinski definition) is 2. The van der Waals surface area contributed by atoms with E-state index in [1.54, 1.807) is 30.3 Å². The Morgan fingerprint density at radius 2 is 1.52 bits per heavy atom. The minimum absolute atomic E-state index is 0.441. The zero-order valence-corrected chi connectivity index (χ0v) is 13.7. The number of benzene rings is 2. The van der Waals surface area contributed by atoms with Gasteiger partial charge in [0.1, 0.15) is 6.04 Å². The van der Waals surface area contributed by atoms with Crippen molar-refractivity contribution in [2.45, 2.75) is 12.2 Å². The lowest BCUT2D eigenvalue weighted by Crippen LogP contribution is -2.40. The summed E-state index contributed by atoms with van der Waals surface area (Å²) in [5.74, 6) is -1.40. The van der Waals surface area contributed by atoms with Crippen LogP contribution in [0.3, 0.4) is 0 Å². The molecule has 2 aromatic carbocycles. The van der Waals surface area contributed by atoms with Crippen LogP contribution in [0.25, 0.3) is 0 Å². The number of nitrogens with zero attached hydrogens (tertiary/aromatic N) is 1. The Kier molecular flexibility index (Phi) is 5.46. The van der Waals surface area contributed by atoms with Gasteiger partial charge in [-0.1, -0.05) is 42.5 Å². The summed E-state index contributed by atoms with van der Waals surface area (Å²) in [6, 6.07) is 11.7. The van der Waals surface area contributed by atoms with Crippen LogP contribution in [-0.2, 0) is 11.0 Å². The van der Waals surface area contributed by atoms with Gasteiger partial charge < -0.3 is 10.2 Å². The molecule has 0 bridgehead atoms. The lowest BCUT2D eigenvalue weighted by molar-refractivity contribution is -0.137. The first kappa shape index (κ1) is 18.5. The van der Waals surface area contributed by atoms with Crippen LogP contribution in [0.4, 0.5) is 13.2 Å². The van der Waals surface area contributed by atoms with E-state index >= 15 is 0 Å². The highest BCUT2D eigenvalue weighted by Crippen LogP contribution is 2.32. The van der Waals surface area contributed by atoms with Gasteiger partial charge in [-0.2, -0.15) is 13.2 Å². The number of nitrogens with one attached hydrogen (secondary N) is 1. The van der Waals surface area contributed by atoms with Crippen molar-refractivity contribution in [3.05, 3.63) is 71.3 Å². The quantitative estimate of drug-likeness (QED) is 0.920. The smallest absolute Gasteiger partial charge is 0.347 e. The molecule has 1 atom stereocenters. The second-order valence-corrected chi connectivity index (χ2v) is 5.59. The summed E-state index contributed by atoms with van der Waals surface area (Å²) in [6.45, 7) is 0. The van der Waals surface area contributed by atoms with Crippen molar-refractivity contribution in [1.82, 2.24) is 10.2 Å². The van der Waals surface area contributed by atoms with E-state index < -0.39 is 35.2 Å². The van der Waals surface area contributed by atoms with Gasteiger partial charge in [0.2, 0.25) is 5.91 Å². The van der Waals surface area contributed by atoms with E-state index in [0.717, 1.165) is 12.1 Å². The van der Waals surface area contributed by atoms with E-state index in [1.165, 1.54) is 31.1 Å². The molecule has 1 unspecified atom stereocenters. The Balaban J connectivity index is 2.37. The Labute approximate surface area is 143 Å². The van der Waals surface area contributed by atoms with Gasteiger partial charge in [-0.15, -0.1) is 0 Å². The molecule has 25 heavy (non-hydrogen) atoms. The molecular formula is C18H17F3N2O2. The molecule has 132 valence electrons. The molecule has 0 fully saturated rings. The SMILES string of the molecule is CN(C)C(=O)C(NC(=O)c1ccccc1C(F)(F)F)c1ccccc1. The maximum Gasteiger partial charge on any atom is 0.417 e. The van der Waals surface area contributed by atoms with E-state index in [-0.39, 0.29) is 0 Å². The number of carbonyl (C=O) groups is 2. The molecule has 0 saturated carbocycles. The topological polar surface area (TPSA) is 49.4 Å². The molecule has 0 aliphatic carbocycles. The van der Waals surface area contributed by atoms with Gasteiger partial charge in [0, 0.05) is 14.1 Å². The summed E-state index contributed by atoms with van der Waals surface area (Å²) in [5, 5.41) is 2.41. The van der Waals surface area contributed by atoms with Crippen molar-refractivity contribution in [1.29, 1.82) is 0 Å². The fraction of sp³-hybridized carbons (Fsp3) is 0.222. The third-order valence-corrected chi connectivity index (χ3v) is 3.57. The Bertz CT molecular complexity index is 758. The van der Waals surface area contributed by atoms with Gasteiger partial charge in [-0.05, 0) is 17.7 Å². The molecular weight excluding hydrogens is 333 g/mol. The first-order valence-corrected chi connectivity index (χ1v) is 7.45. The van der Waals surface area contributed by atoms with Gasteiger partial charge in [-0.25, -0.2) is 0 Å². The minimum atomic E-state index is -4.66. The van der Waals surface area contributed by atoms with Gasteiger partial charge >= 0.3 is 6.18 Å². The number of hydrogen-bond donors (Lipinski definition) is 1. The van der Waals surface area contributed by atoms with Crippen LogP contribution in [0.15, 0.2) is 54.6 Å². The summed E-state index contributed by atoms with van der Waals surface area (Å²) in [7, 11) is 3.02. The molecule has 0 heterocycles. The predicted octanol–water partition coefficient (Wildman–Crippen LogP) is 3.26. The number of rotatable bonds is 4. The Morgan fingerprint density at radius 1 is 0.960 bits per heavy atom. The fourth-order valence-corrected chi connectivity index (χ4v) is 2.33. The first-order chi connectivity index (χ1) is 11.7. The van der Waals surface area contributed by atoms with Crippen LogP contribution in [0.1, 0.15) is 27.5 Å². The molecule has 0 aliphatic heterocycles. The first-order valence-electron chi connectivity index (χ1n) is 7.45. The molecule has 1 N–H and O–H groups in total. The second kappa shape index (κ2) is 7.38. The summed E-state index contributed by atoms with van der Waals surface area (Å²) in [5.41, 5.74) is -1.09. The Morgan fingerprint density at radius 3 is 2.08 bits per heavy atom.